The Kier molecular flexibility index (Phi) is 3.20. The van der Waals surface area contributed by atoms with E-state index in [9.17, 15) is 0 Å². The van der Waals surface area contributed by atoms with Gasteiger partial charge >= 0.3 is 0 Å². The third kappa shape index (κ3) is 2.25. The van der Waals surface area contributed by atoms with Gasteiger partial charge in [-0.05, 0) is 43.4 Å². The normalized spacial score (nSPS) is 17.9. The second-order valence-electron chi connectivity index (χ2n) is 5.59. The molecule has 0 radical (unpaired) electrons. The van der Waals surface area contributed by atoms with E-state index >= 15 is 0 Å². The van der Waals surface area contributed by atoms with E-state index in [4.69, 9.17) is 16.6 Å². The molecule has 1 aliphatic rings. The number of hydrogen-bond acceptors (Lipinski definition) is 3. The fourth-order valence-electron chi connectivity index (χ4n) is 3.20. The number of nitrogens with zero attached hydrogens (tertiary/aromatic N) is 2. The van der Waals surface area contributed by atoms with Gasteiger partial charge in [0.25, 0.3) is 0 Å². The van der Waals surface area contributed by atoms with E-state index in [2.05, 4.69) is 42.2 Å². The van der Waals surface area contributed by atoms with Crippen LogP contribution in [-0.2, 0) is 6.42 Å². The number of thiophene rings is 1. The smallest absolute Gasteiger partial charge is 0.141 e. The molecule has 0 bridgehead atoms. The molecule has 1 aliphatic carbocycles. The second-order valence-corrected chi connectivity index (χ2v) is 7.18. The van der Waals surface area contributed by atoms with Crippen LogP contribution in [0.25, 0.3) is 10.2 Å². The van der Waals surface area contributed by atoms with Crippen molar-refractivity contribution in [1.82, 2.24) is 9.97 Å². The van der Waals surface area contributed by atoms with Crippen LogP contribution >= 0.6 is 22.9 Å². The summed E-state index contributed by atoms with van der Waals surface area (Å²) in [6.07, 6.45) is 3.44. The summed E-state index contributed by atoms with van der Waals surface area (Å²) < 4.78 is 0. The Labute approximate surface area is 132 Å². The molecule has 1 atom stereocenters. The van der Waals surface area contributed by atoms with Gasteiger partial charge in [-0.2, -0.15) is 0 Å². The van der Waals surface area contributed by atoms with Crippen LogP contribution in [0.2, 0.25) is 5.15 Å². The monoisotopic (exact) mass is 314 g/mol. The van der Waals surface area contributed by atoms with Crippen molar-refractivity contribution in [2.45, 2.75) is 32.1 Å². The highest BCUT2D eigenvalue weighted by Crippen LogP contribution is 2.37. The Morgan fingerprint density at radius 1 is 1.24 bits per heavy atom. The number of rotatable bonds is 1. The zero-order valence-electron chi connectivity index (χ0n) is 11.8. The SMILES string of the molecule is Cc1cc2c(Cl)nc(C3CCCc4ccccc43)nc2s1. The van der Waals surface area contributed by atoms with Crippen molar-refractivity contribution in [3.63, 3.8) is 0 Å². The maximum atomic E-state index is 6.38. The van der Waals surface area contributed by atoms with Crippen molar-refractivity contribution >= 4 is 33.2 Å². The zero-order valence-corrected chi connectivity index (χ0v) is 13.3. The summed E-state index contributed by atoms with van der Waals surface area (Å²) in [5.41, 5.74) is 2.79. The van der Waals surface area contributed by atoms with Crippen LogP contribution in [0.5, 0.6) is 0 Å². The summed E-state index contributed by atoms with van der Waals surface area (Å²) in [4.78, 5) is 11.6. The highest BCUT2D eigenvalue weighted by atomic mass is 35.5. The number of aromatic nitrogens is 2. The van der Waals surface area contributed by atoms with Gasteiger partial charge < -0.3 is 0 Å². The van der Waals surface area contributed by atoms with E-state index in [1.165, 1.54) is 22.4 Å². The fourth-order valence-corrected chi connectivity index (χ4v) is 4.37. The molecule has 3 aromatic rings. The molecule has 0 saturated carbocycles. The highest BCUT2D eigenvalue weighted by Gasteiger charge is 2.24. The molecule has 2 aromatic heterocycles. The third-order valence-electron chi connectivity index (χ3n) is 4.17. The lowest BCUT2D eigenvalue weighted by Crippen LogP contribution is -2.13. The quantitative estimate of drug-likeness (QED) is 0.582. The molecule has 2 nitrogen and oxygen atoms in total. The van der Waals surface area contributed by atoms with E-state index in [1.54, 1.807) is 11.3 Å². The van der Waals surface area contributed by atoms with Crippen LogP contribution in [0.15, 0.2) is 30.3 Å². The fraction of sp³-hybridized carbons (Fsp3) is 0.294. The molecule has 4 rings (SSSR count). The van der Waals surface area contributed by atoms with Gasteiger partial charge in [-0.1, -0.05) is 35.9 Å². The van der Waals surface area contributed by atoms with Gasteiger partial charge in [0.05, 0.1) is 0 Å². The molecule has 21 heavy (non-hydrogen) atoms. The van der Waals surface area contributed by atoms with Crippen molar-refractivity contribution < 1.29 is 0 Å². The van der Waals surface area contributed by atoms with Crippen molar-refractivity contribution in [3.05, 3.63) is 57.3 Å². The van der Waals surface area contributed by atoms with Gasteiger partial charge in [0.15, 0.2) is 0 Å². The number of benzene rings is 1. The average Bonchev–Trinajstić information content (AvgIpc) is 2.87. The van der Waals surface area contributed by atoms with E-state index in [0.29, 0.717) is 5.15 Å². The minimum atomic E-state index is 0.277. The number of aryl methyl sites for hydroxylation is 2. The Balaban J connectivity index is 1.87. The predicted molar refractivity (Wildman–Crippen MR) is 88.4 cm³/mol. The topological polar surface area (TPSA) is 25.8 Å². The summed E-state index contributed by atoms with van der Waals surface area (Å²) in [5, 5.41) is 1.56. The Hall–Kier alpha value is -1.45. The Bertz CT molecular complexity index is 825. The van der Waals surface area contributed by atoms with E-state index in [-0.39, 0.29) is 5.92 Å². The van der Waals surface area contributed by atoms with Crippen molar-refractivity contribution in [3.8, 4) is 0 Å². The lowest BCUT2D eigenvalue weighted by atomic mass is 9.82. The maximum Gasteiger partial charge on any atom is 0.141 e. The van der Waals surface area contributed by atoms with Crippen LogP contribution in [-0.4, -0.2) is 9.97 Å². The van der Waals surface area contributed by atoms with Crippen LogP contribution < -0.4 is 0 Å². The molecule has 2 heterocycles. The third-order valence-corrected chi connectivity index (χ3v) is 5.40. The zero-order chi connectivity index (χ0) is 14.4. The minimum absolute atomic E-state index is 0.277. The van der Waals surface area contributed by atoms with Gasteiger partial charge in [0, 0.05) is 16.2 Å². The summed E-state index contributed by atoms with van der Waals surface area (Å²) in [5.74, 6) is 1.15. The van der Waals surface area contributed by atoms with Gasteiger partial charge in [-0.15, -0.1) is 11.3 Å². The van der Waals surface area contributed by atoms with Crippen molar-refractivity contribution in [2.24, 2.45) is 0 Å². The first-order valence-electron chi connectivity index (χ1n) is 7.24. The summed E-state index contributed by atoms with van der Waals surface area (Å²) in [6, 6.07) is 10.7. The molecule has 0 amide bonds. The van der Waals surface area contributed by atoms with Crippen LogP contribution in [0.4, 0.5) is 0 Å². The Morgan fingerprint density at radius 2 is 2.10 bits per heavy atom. The number of halogens is 1. The predicted octanol–water partition coefficient (Wildman–Crippen LogP) is 5.12. The van der Waals surface area contributed by atoms with E-state index in [1.807, 2.05) is 0 Å². The largest absolute Gasteiger partial charge is 0.221 e. The first-order chi connectivity index (χ1) is 10.2. The lowest BCUT2D eigenvalue weighted by Gasteiger charge is -2.24. The first-order valence-corrected chi connectivity index (χ1v) is 8.43. The van der Waals surface area contributed by atoms with Gasteiger partial charge in [-0.25, -0.2) is 9.97 Å². The molecule has 1 unspecified atom stereocenters. The van der Waals surface area contributed by atoms with E-state index in [0.717, 1.165) is 28.9 Å². The summed E-state index contributed by atoms with van der Waals surface area (Å²) in [7, 11) is 0. The standard InChI is InChI=1S/C17H15ClN2S/c1-10-9-14-15(18)19-16(20-17(14)21-10)13-8-4-6-11-5-2-3-7-12(11)13/h2-3,5,7,9,13H,4,6,8H2,1H3. The van der Waals surface area contributed by atoms with Crippen molar-refractivity contribution in [1.29, 1.82) is 0 Å². The van der Waals surface area contributed by atoms with Gasteiger partial charge in [0.1, 0.15) is 15.8 Å². The molecule has 106 valence electrons. The molecular formula is C17H15ClN2S. The van der Waals surface area contributed by atoms with Crippen molar-refractivity contribution in [2.75, 3.05) is 0 Å². The summed E-state index contributed by atoms with van der Waals surface area (Å²) in [6.45, 7) is 2.08. The van der Waals surface area contributed by atoms with Crippen LogP contribution in [0, 0.1) is 6.92 Å². The second kappa shape index (κ2) is 5.08. The molecular weight excluding hydrogens is 300 g/mol. The lowest BCUT2D eigenvalue weighted by molar-refractivity contribution is 0.592. The summed E-state index contributed by atoms with van der Waals surface area (Å²) >= 11 is 8.07. The molecule has 0 N–H and O–H groups in total. The molecule has 4 heteroatoms. The van der Waals surface area contributed by atoms with E-state index < -0.39 is 0 Å². The van der Waals surface area contributed by atoms with Gasteiger partial charge in [0.2, 0.25) is 0 Å². The molecule has 0 fully saturated rings. The Morgan fingerprint density at radius 3 is 3.00 bits per heavy atom. The highest BCUT2D eigenvalue weighted by molar-refractivity contribution is 7.18. The molecule has 0 spiro atoms. The first kappa shape index (κ1) is 13.2. The minimum Gasteiger partial charge on any atom is -0.221 e. The average molecular weight is 315 g/mol. The maximum absolute atomic E-state index is 6.38. The molecule has 0 saturated heterocycles. The van der Waals surface area contributed by atoms with Crippen LogP contribution in [0.1, 0.15) is 40.6 Å². The molecule has 1 aromatic carbocycles. The number of fused-ring (bicyclic) bond motifs is 2. The van der Waals surface area contributed by atoms with Gasteiger partial charge in [-0.3, -0.25) is 0 Å². The van der Waals surface area contributed by atoms with Crippen LogP contribution in [0.3, 0.4) is 0 Å². The number of hydrogen-bond donors (Lipinski definition) is 0. The molecule has 0 aliphatic heterocycles.